The Morgan fingerprint density at radius 3 is 2.54 bits per heavy atom. The molecule has 0 spiro atoms. The lowest BCUT2D eigenvalue weighted by molar-refractivity contribution is 0.167. The number of aliphatic hydroxyl groups is 1. The summed E-state index contributed by atoms with van der Waals surface area (Å²) >= 11 is 1.47. The molecule has 1 fully saturated rings. The molecule has 1 aromatic heterocycles. The summed E-state index contributed by atoms with van der Waals surface area (Å²) < 4.78 is 5.23. The number of rotatable bonds is 8. The molecule has 5 rings (SSSR count). The van der Waals surface area contributed by atoms with Gasteiger partial charge in [0.15, 0.2) is 0 Å². The van der Waals surface area contributed by atoms with Gasteiger partial charge in [0, 0.05) is 24.0 Å². The van der Waals surface area contributed by atoms with Gasteiger partial charge in [-0.15, -0.1) is 11.3 Å². The highest BCUT2D eigenvalue weighted by molar-refractivity contribution is 7.11. The lowest BCUT2D eigenvalue weighted by Gasteiger charge is -2.33. The van der Waals surface area contributed by atoms with Gasteiger partial charge >= 0.3 is 0 Å². The van der Waals surface area contributed by atoms with Crippen molar-refractivity contribution in [1.29, 1.82) is 5.41 Å². The van der Waals surface area contributed by atoms with Crippen LogP contribution in [0.5, 0.6) is 5.75 Å². The van der Waals surface area contributed by atoms with E-state index in [1.54, 1.807) is 7.11 Å². The molecule has 182 valence electrons. The summed E-state index contributed by atoms with van der Waals surface area (Å²) in [7, 11) is 1.65. The van der Waals surface area contributed by atoms with Crippen LogP contribution in [0.2, 0.25) is 0 Å². The maximum absolute atomic E-state index is 10.7. The van der Waals surface area contributed by atoms with Gasteiger partial charge in [-0.05, 0) is 68.1 Å². The monoisotopic (exact) mass is 488 g/mol. The molecule has 1 saturated heterocycles. The third-order valence-electron chi connectivity index (χ3n) is 7.05. The summed E-state index contributed by atoms with van der Waals surface area (Å²) in [6.45, 7) is 4.47. The number of piperidine rings is 1. The van der Waals surface area contributed by atoms with E-state index in [4.69, 9.17) is 15.1 Å². The Morgan fingerprint density at radius 1 is 1.09 bits per heavy atom. The summed E-state index contributed by atoms with van der Waals surface area (Å²) in [6, 6.07) is 18.5. The third kappa shape index (κ3) is 5.41. The molecule has 3 heterocycles. The maximum atomic E-state index is 10.7. The topological polar surface area (TPSA) is 72.7 Å². The fourth-order valence-corrected chi connectivity index (χ4v) is 5.84. The Labute approximate surface area is 211 Å². The summed E-state index contributed by atoms with van der Waals surface area (Å²) in [4.78, 5) is 9.27. The molecular formula is C28H32N4O2S. The van der Waals surface area contributed by atoms with Crippen LogP contribution >= 0.6 is 11.3 Å². The van der Waals surface area contributed by atoms with Crippen molar-refractivity contribution in [2.24, 2.45) is 5.92 Å². The Bertz CT molecular complexity index is 1180. The molecule has 0 amide bonds. The van der Waals surface area contributed by atoms with Crippen LogP contribution in [0.15, 0.2) is 65.7 Å². The lowest BCUT2D eigenvalue weighted by atomic mass is 9.93. The van der Waals surface area contributed by atoms with Crippen LogP contribution in [-0.4, -0.2) is 59.0 Å². The number of nitrogens with one attached hydrogen (secondary N) is 1. The van der Waals surface area contributed by atoms with E-state index in [0.29, 0.717) is 28.9 Å². The van der Waals surface area contributed by atoms with Crippen molar-refractivity contribution in [3.63, 3.8) is 0 Å². The van der Waals surface area contributed by atoms with Gasteiger partial charge in [-0.3, -0.25) is 10.3 Å². The van der Waals surface area contributed by atoms with Crippen molar-refractivity contribution < 1.29 is 9.84 Å². The number of methoxy groups -OCH3 is 1. The molecule has 6 nitrogen and oxygen atoms in total. The summed E-state index contributed by atoms with van der Waals surface area (Å²) in [6.07, 6.45) is 3.44. The Kier molecular flexibility index (Phi) is 7.16. The Morgan fingerprint density at radius 2 is 1.83 bits per heavy atom. The number of nitrogens with zero attached hydrogens (tertiary/aromatic N) is 3. The number of ether oxygens (including phenoxy) is 1. The minimum atomic E-state index is 0.253. The van der Waals surface area contributed by atoms with Crippen LogP contribution in [0.1, 0.15) is 29.8 Å². The zero-order chi connectivity index (χ0) is 24.2. The van der Waals surface area contributed by atoms with Crippen LogP contribution < -0.4 is 4.74 Å². The second kappa shape index (κ2) is 10.6. The number of hydrogen-bond acceptors (Lipinski definition) is 6. The highest BCUT2D eigenvalue weighted by Gasteiger charge is 2.31. The van der Waals surface area contributed by atoms with Gasteiger partial charge in [-0.2, -0.15) is 0 Å². The second-order valence-electron chi connectivity index (χ2n) is 9.35. The fourth-order valence-electron chi connectivity index (χ4n) is 4.95. The molecule has 2 aromatic carbocycles. The maximum Gasteiger partial charge on any atom is 0.135 e. The minimum absolute atomic E-state index is 0.253. The highest BCUT2D eigenvalue weighted by atomic mass is 32.1. The molecule has 2 aliphatic heterocycles. The largest absolute Gasteiger partial charge is 0.510 e. The van der Waals surface area contributed by atoms with Crippen LogP contribution in [0.3, 0.4) is 0 Å². The minimum Gasteiger partial charge on any atom is -0.510 e. The molecule has 0 radical (unpaired) electrons. The van der Waals surface area contributed by atoms with Gasteiger partial charge in [-0.25, -0.2) is 4.98 Å². The number of benzene rings is 2. The van der Waals surface area contributed by atoms with Crippen molar-refractivity contribution in [3.8, 4) is 17.0 Å². The number of amidine groups is 1. The van der Waals surface area contributed by atoms with Gasteiger partial charge in [-0.1, -0.05) is 30.3 Å². The molecule has 0 unspecified atom stereocenters. The number of hydrogen-bond donors (Lipinski definition) is 2. The summed E-state index contributed by atoms with van der Waals surface area (Å²) in [5.41, 5.74) is 3.80. The predicted octanol–water partition coefficient (Wildman–Crippen LogP) is 5.68. The van der Waals surface area contributed by atoms with Gasteiger partial charge in [0.05, 0.1) is 24.9 Å². The van der Waals surface area contributed by atoms with Gasteiger partial charge < -0.3 is 14.7 Å². The third-order valence-corrected chi connectivity index (χ3v) is 7.91. The van der Waals surface area contributed by atoms with E-state index < -0.39 is 0 Å². The zero-order valence-corrected chi connectivity index (χ0v) is 20.9. The molecule has 3 aromatic rings. The number of thiazole rings is 1. The van der Waals surface area contributed by atoms with Crippen molar-refractivity contribution >= 4 is 22.7 Å². The Hall–Kier alpha value is -3.16. The normalized spacial score (nSPS) is 17.4. The fraction of sp³-hybridized carbons (Fsp3) is 0.357. The quantitative estimate of drug-likeness (QED) is 0.427. The van der Waals surface area contributed by atoms with Crippen LogP contribution in [0.4, 0.5) is 0 Å². The van der Waals surface area contributed by atoms with E-state index in [1.807, 2.05) is 34.5 Å². The van der Waals surface area contributed by atoms with Gasteiger partial charge in [0.1, 0.15) is 22.4 Å². The van der Waals surface area contributed by atoms with E-state index in [1.165, 1.54) is 29.7 Å². The molecule has 2 aliphatic rings. The summed E-state index contributed by atoms with van der Waals surface area (Å²) in [5.74, 6) is 2.12. The van der Waals surface area contributed by atoms with E-state index in [-0.39, 0.29) is 5.76 Å². The lowest BCUT2D eigenvalue weighted by Crippen LogP contribution is -2.35. The van der Waals surface area contributed by atoms with Crippen molar-refractivity contribution in [1.82, 2.24) is 14.8 Å². The van der Waals surface area contributed by atoms with Crippen molar-refractivity contribution in [2.75, 3.05) is 33.3 Å². The first-order valence-electron chi connectivity index (χ1n) is 12.2. The average Bonchev–Trinajstić information content (AvgIpc) is 3.48. The van der Waals surface area contributed by atoms with Gasteiger partial charge in [0.25, 0.3) is 0 Å². The van der Waals surface area contributed by atoms with Crippen LogP contribution in [-0.2, 0) is 6.54 Å². The molecule has 7 heteroatoms. The van der Waals surface area contributed by atoms with E-state index in [9.17, 15) is 5.11 Å². The molecule has 0 bridgehead atoms. The molecule has 2 N–H and O–H groups in total. The molecule has 35 heavy (non-hydrogen) atoms. The predicted molar refractivity (Wildman–Crippen MR) is 142 cm³/mol. The van der Waals surface area contributed by atoms with Crippen LogP contribution in [0.25, 0.3) is 16.8 Å². The second-order valence-corrected chi connectivity index (χ2v) is 10.2. The standard InChI is InChI=1S/C28H32N4O2S/c1-34-23-9-7-22(8-10-23)24-19-35-28(30-24)26-25(33)18-32(27(26)29)16-13-20-11-14-31(15-12-20)17-21-5-3-2-4-6-21/h2-10,19-20,29,33H,11-18H2,1H3. The van der Waals surface area contributed by atoms with E-state index in [0.717, 1.165) is 49.6 Å². The average molecular weight is 489 g/mol. The molecule has 0 aliphatic carbocycles. The zero-order valence-electron chi connectivity index (χ0n) is 20.1. The smallest absolute Gasteiger partial charge is 0.135 e. The summed E-state index contributed by atoms with van der Waals surface area (Å²) in [5, 5.41) is 22.1. The Balaban J connectivity index is 1.13. The molecule has 0 atom stereocenters. The van der Waals surface area contributed by atoms with Crippen molar-refractivity contribution in [2.45, 2.75) is 25.8 Å². The molecule has 0 saturated carbocycles. The number of aliphatic hydroxyl groups excluding tert-OH is 1. The highest BCUT2D eigenvalue weighted by Crippen LogP contribution is 2.33. The number of aromatic nitrogens is 1. The van der Waals surface area contributed by atoms with E-state index >= 15 is 0 Å². The first-order valence-corrected chi connectivity index (χ1v) is 13.1. The number of likely N-dealkylation sites (tertiary alicyclic amines) is 1. The first kappa shape index (κ1) is 23.6. The van der Waals surface area contributed by atoms with Crippen molar-refractivity contribution in [3.05, 3.63) is 76.3 Å². The first-order chi connectivity index (χ1) is 17.1. The molecular weight excluding hydrogens is 456 g/mol. The SMILES string of the molecule is COc1ccc(-c2csc(C3=C(O)CN(CCC4CCN(Cc5ccccc5)CC4)C3=N)n2)cc1. The van der Waals surface area contributed by atoms with E-state index in [2.05, 4.69) is 35.2 Å². The van der Waals surface area contributed by atoms with Gasteiger partial charge in [0.2, 0.25) is 0 Å². The van der Waals surface area contributed by atoms with Crippen LogP contribution in [0, 0.1) is 11.3 Å².